The summed E-state index contributed by atoms with van der Waals surface area (Å²) in [4.78, 5) is 19.8. The van der Waals surface area contributed by atoms with Crippen molar-refractivity contribution in [2.24, 2.45) is 0 Å². The average Bonchev–Trinajstić information content (AvgIpc) is 3.53. The molecule has 0 aliphatic rings. The largest absolute Gasteiger partial charge is 0.287 e. The Morgan fingerprint density at radius 2 is 0.960 bits per heavy atom. The third-order valence-corrected chi connectivity index (χ3v) is 9.90. The van der Waals surface area contributed by atoms with Crippen LogP contribution >= 0.6 is 0 Å². The van der Waals surface area contributed by atoms with Crippen LogP contribution in [0.5, 0.6) is 0 Å². The number of aryl methyl sites for hydroxylation is 1. The van der Waals surface area contributed by atoms with Gasteiger partial charge in [-0.25, -0.2) is 19.9 Å². The number of imidazole rings is 1. The Morgan fingerprint density at radius 3 is 1.52 bits per heavy atom. The zero-order chi connectivity index (χ0) is 33.2. The van der Waals surface area contributed by atoms with E-state index in [1.807, 2.05) is 16.8 Å². The summed E-state index contributed by atoms with van der Waals surface area (Å²) in [6.07, 6.45) is 3.58. The molecule has 0 fully saturated rings. The van der Waals surface area contributed by atoms with E-state index in [1.54, 1.807) is 6.20 Å². The second kappa shape index (κ2) is 11.2. The molecule has 0 spiro atoms. The minimum atomic E-state index is 0.675. The van der Waals surface area contributed by atoms with Crippen molar-refractivity contribution in [1.82, 2.24) is 24.3 Å². The van der Waals surface area contributed by atoms with Gasteiger partial charge in [0.15, 0.2) is 5.82 Å². The summed E-state index contributed by atoms with van der Waals surface area (Å²) in [6.45, 7) is 2.07. The lowest BCUT2D eigenvalue weighted by Gasteiger charge is -2.15. The third kappa shape index (κ3) is 4.48. The van der Waals surface area contributed by atoms with E-state index in [0.29, 0.717) is 5.82 Å². The lowest BCUT2D eigenvalue weighted by Crippen LogP contribution is -1.97. The Balaban J connectivity index is 1.22. The topological polar surface area (TPSA) is 56.0 Å². The molecule has 0 radical (unpaired) electrons. The predicted octanol–water partition coefficient (Wildman–Crippen LogP) is 11.1. The molecule has 0 saturated carbocycles. The molecule has 10 rings (SSSR count). The van der Waals surface area contributed by atoms with Crippen LogP contribution in [0.15, 0.2) is 158 Å². The molecule has 234 valence electrons. The molecule has 50 heavy (non-hydrogen) atoms. The quantitative estimate of drug-likeness (QED) is 0.180. The maximum Gasteiger partial charge on any atom is 0.160 e. The number of benzene rings is 7. The van der Waals surface area contributed by atoms with Crippen molar-refractivity contribution in [1.29, 1.82) is 0 Å². The summed E-state index contributed by atoms with van der Waals surface area (Å²) < 4.78 is 2.02. The lowest BCUT2D eigenvalue weighted by atomic mass is 9.93. The van der Waals surface area contributed by atoms with Gasteiger partial charge < -0.3 is 0 Å². The van der Waals surface area contributed by atoms with Gasteiger partial charge in [0.05, 0.1) is 17.1 Å². The molecule has 5 nitrogen and oxygen atoms in total. The summed E-state index contributed by atoms with van der Waals surface area (Å²) >= 11 is 0. The molecule has 0 unspecified atom stereocenters. The van der Waals surface area contributed by atoms with E-state index in [-0.39, 0.29) is 0 Å². The van der Waals surface area contributed by atoms with Crippen molar-refractivity contribution in [2.75, 3.05) is 0 Å². The monoisotopic (exact) mass is 639 g/mol. The minimum absolute atomic E-state index is 0.675. The summed E-state index contributed by atoms with van der Waals surface area (Å²) in [5, 5.41) is 9.57. The Morgan fingerprint density at radius 1 is 0.460 bits per heavy atom. The number of nitrogens with zero attached hydrogens (tertiary/aromatic N) is 5. The first-order valence-corrected chi connectivity index (χ1v) is 16.8. The highest BCUT2D eigenvalue weighted by atomic mass is 15.1. The first kappa shape index (κ1) is 28.3. The molecule has 0 N–H and O–H groups in total. The van der Waals surface area contributed by atoms with E-state index in [9.17, 15) is 0 Å². The van der Waals surface area contributed by atoms with Crippen LogP contribution in [-0.2, 0) is 0 Å². The van der Waals surface area contributed by atoms with Gasteiger partial charge in [-0.05, 0) is 74.3 Å². The third-order valence-electron chi connectivity index (χ3n) is 9.90. The molecule has 0 bridgehead atoms. The minimum Gasteiger partial charge on any atom is -0.287 e. The highest BCUT2D eigenvalue weighted by Gasteiger charge is 2.18. The fraction of sp³-hybridized carbons (Fsp3) is 0.0222. The van der Waals surface area contributed by atoms with Crippen LogP contribution in [0.1, 0.15) is 5.69 Å². The van der Waals surface area contributed by atoms with E-state index in [1.165, 1.54) is 32.3 Å². The van der Waals surface area contributed by atoms with Gasteiger partial charge in [0.25, 0.3) is 0 Å². The van der Waals surface area contributed by atoms with Gasteiger partial charge in [0.1, 0.15) is 12.0 Å². The van der Waals surface area contributed by atoms with E-state index in [0.717, 1.165) is 61.4 Å². The number of hydrogen-bond donors (Lipinski definition) is 0. The number of hydrogen-bond acceptors (Lipinski definition) is 4. The SMILES string of the molecule is Cc1c(-c2ccc(-c3nc(-c4cc5ccccc5c5ccccc45)cc(-c4cc5ccccc5c5ccccc45)n3)cc2)nc2ccncn12. The summed E-state index contributed by atoms with van der Waals surface area (Å²) in [5.74, 6) is 0.675. The van der Waals surface area contributed by atoms with Gasteiger partial charge in [0.2, 0.25) is 0 Å². The zero-order valence-corrected chi connectivity index (χ0v) is 27.2. The van der Waals surface area contributed by atoms with E-state index in [2.05, 4.69) is 151 Å². The van der Waals surface area contributed by atoms with Crippen LogP contribution < -0.4 is 0 Å². The number of fused-ring (bicyclic) bond motifs is 7. The summed E-state index contributed by atoms with van der Waals surface area (Å²) in [7, 11) is 0. The maximum atomic E-state index is 5.31. The Kier molecular flexibility index (Phi) is 6.33. The van der Waals surface area contributed by atoms with Crippen LogP contribution in [0.25, 0.3) is 93.9 Å². The van der Waals surface area contributed by atoms with E-state index >= 15 is 0 Å². The lowest BCUT2D eigenvalue weighted by molar-refractivity contribution is 1.04. The summed E-state index contributed by atoms with van der Waals surface area (Å²) in [6, 6.07) is 51.5. The van der Waals surface area contributed by atoms with Crippen LogP contribution in [0, 0.1) is 6.92 Å². The normalized spacial score (nSPS) is 11.7. The predicted molar refractivity (Wildman–Crippen MR) is 205 cm³/mol. The molecule has 5 heteroatoms. The van der Waals surface area contributed by atoms with Gasteiger partial charge in [0, 0.05) is 34.1 Å². The molecule has 10 aromatic rings. The molecule has 0 atom stereocenters. The molecule has 0 saturated heterocycles. The van der Waals surface area contributed by atoms with Crippen molar-refractivity contribution in [3.8, 4) is 45.2 Å². The van der Waals surface area contributed by atoms with Crippen molar-refractivity contribution in [3.05, 3.63) is 164 Å². The summed E-state index contributed by atoms with van der Waals surface area (Å²) in [5.41, 5.74) is 8.77. The van der Waals surface area contributed by atoms with E-state index in [4.69, 9.17) is 15.0 Å². The Hall–Kier alpha value is -6.72. The van der Waals surface area contributed by atoms with Gasteiger partial charge in [-0.3, -0.25) is 4.40 Å². The number of aromatic nitrogens is 5. The highest BCUT2D eigenvalue weighted by molar-refractivity contribution is 6.15. The Labute approximate surface area is 288 Å². The fourth-order valence-corrected chi connectivity index (χ4v) is 7.45. The van der Waals surface area contributed by atoms with Crippen molar-refractivity contribution < 1.29 is 0 Å². The number of rotatable bonds is 4. The second-order valence-electron chi connectivity index (χ2n) is 12.8. The molecule has 0 aliphatic carbocycles. The molecule has 3 heterocycles. The van der Waals surface area contributed by atoms with Gasteiger partial charge in [-0.2, -0.15) is 0 Å². The first-order chi connectivity index (χ1) is 24.7. The van der Waals surface area contributed by atoms with E-state index < -0.39 is 0 Å². The molecule has 0 aliphatic heterocycles. The van der Waals surface area contributed by atoms with Crippen molar-refractivity contribution in [2.45, 2.75) is 6.92 Å². The van der Waals surface area contributed by atoms with Crippen LogP contribution in [0.4, 0.5) is 0 Å². The van der Waals surface area contributed by atoms with Gasteiger partial charge in [-0.15, -0.1) is 0 Å². The van der Waals surface area contributed by atoms with Crippen molar-refractivity contribution in [3.63, 3.8) is 0 Å². The molecular weight excluding hydrogens is 611 g/mol. The maximum absolute atomic E-state index is 5.31. The first-order valence-electron chi connectivity index (χ1n) is 16.8. The van der Waals surface area contributed by atoms with Crippen LogP contribution in [-0.4, -0.2) is 24.3 Å². The molecular formula is C45H29N5. The smallest absolute Gasteiger partial charge is 0.160 e. The van der Waals surface area contributed by atoms with Crippen molar-refractivity contribution >= 4 is 48.7 Å². The van der Waals surface area contributed by atoms with Crippen LogP contribution in [0.3, 0.4) is 0 Å². The molecule has 0 amide bonds. The van der Waals surface area contributed by atoms with Crippen LogP contribution in [0.2, 0.25) is 0 Å². The fourth-order valence-electron chi connectivity index (χ4n) is 7.45. The molecule has 3 aromatic heterocycles. The zero-order valence-electron chi connectivity index (χ0n) is 27.2. The van der Waals surface area contributed by atoms with Gasteiger partial charge in [-0.1, -0.05) is 121 Å². The standard InChI is InChI=1S/C45H29N5/c1-28-44(49-43-22-23-46-27-50(28)43)29-18-20-30(21-19-29)45-47-41(39-24-31-10-2-4-12-33(31)35-14-6-8-16-37(35)39)26-42(48-45)40-25-32-11-3-5-13-34(32)36-15-7-9-17-38(36)40/h2-27H,1H3. The molecule has 7 aromatic carbocycles. The Bertz CT molecular complexity index is 2800. The average molecular weight is 640 g/mol. The highest BCUT2D eigenvalue weighted by Crippen LogP contribution is 2.39. The van der Waals surface area contributed by atoms with Gasteiger partial charge >= 0.3 is 0 Å². The second-order valence-corrected chi connectivity index (χ2v) is 12.8.